The minimum Gasteiger partial charge on any atom is -0.368 e. The predicted molar refractivity (Wildman–Crippen MR) is 75.0 cm³/mol. The lowest BCUT2D eigenvalue weighted by atomic mass is 10.1. The first kappa shape index (κ1) is 15.9. The lowest BCUT2D eigenvalue weighted by Crippen LogP contribution is -2.56. The summed E-state index contributed by atoms with van der Waals surface area (Å²) in [4.78, 5) is 14.0. The first-order valence-electron chi connectivity index (χ1n) is 6.28. The zero-order valence-corrected chi connectivity index (χ0v) is 13.5. The Morgan fingerprint density at radius 1 is 1.50 bits per heavy atom. The van der Waals surface area contributed by atoms with Crippen LogP contribution in [-0.2, 0) is 14.3 Å². The minimum atomic E-state index is -0.298. The summed E-state index contributed by atoms with van der Waals surface area (Å²) in [7, 11) is 0. The van der Waals surface area contributed by atoms with Gasteiger partial charge in [-0.1, -0.05) is 15.9 Å². The van der Waals surface area contributed by atoms with Crippen LogP contribution in [0.5, 0.6) is 0 Å². The normalized spacial score (nSPS) is 24.1. The van der Waals surface area contributed by atoms with Gasteiger partial charge in [0.25, 0.3) is 0 Å². The number of nitrogens with zero attached hydrogens (tertiary/aromatic N) is 1. The van der Waals surface area contributed by atoms with Gasteiger partial charge >= 0.3 is 0 Å². The third-order valence-corrected chi connectivity index (χ3v) is 3.36. The molecule has 0 aromatic rings. The van der Waals surface area contributed by atoms with Crippen LogP contribution in [0.4, 0.5) is 0 Å². The van der Waals surface area contributed by atoms with Crippen LogP contribution in [0.15, 0.2) is 0 Å². The molecule has 1 aliphatic rings. The van der Waals surface area contributed by atoms with Crippen LogP contribution in [0.1, 0.15) is 34.6 Å². The maximum atomic E-state index is 12.1. The van der Waals surface area contributed by atoms with E-state index in [2.05, 4.69) is 15.9 Å². The van der Waals surface area contributed by atoms with Crippen LogP contribution in [-0.4, -0.2) is 53.1 Å². The molecule has 0 radical (unpaired) electrons. The SMILES string of the molecule is CC(C)(C)OCC(=O)N1CC(CBr)OC(C)(C)C1. The van der Waals surface area contributed by atoms with Crippen LogP contribution in [0.2, 0.25) is 0 Å². The summed E-state index contributed by atoms with van der Waals surface area (Å²) in [5.41, 5.74) is -0.583. The quantitative estimate of drug-likeness (QED) is 0.748. The van der Waals surface area contributed by atoms with Crippen molar-refractivity contribution in [2.45, 2.75) is 51.9 Å². The summed E-state index contributed by atoms with van der Waals surface area (Å²) in [5.74, 6) is 0.0345. The van der Waals surface area contributed by atoms with Gasteiger partial charge in [0.15, 0.2) is 0 Å². The number of morpholine rings is 1. The molecule has 0 spiro atoms. The summed E-state index contributed by atoms with van der Waals surface area (Å²) in [6.07, 6.45) is 0.0485. The van der Waals surface area contributed by atoms with Crippen molar-refractivity contribution in [3.63, 3.8) is 0 Å². The zero-order valence-electron chi connectivity index (χ0n) is 12.0. The van der Waals surface area contributed by atoms with E-state index in [0.29, 0.717) is 13.1 Å². The Hall–Kier alpha value is -0.130. The van der Waals surface area contributed by atoms with Crippen molar-refractivity contribution in [1.29, 1.82) is 0 Å². The van der Waals surface area contributed by atoms with Gasteiger partial charge < -0.3 is 14.4 Å². The van der Waals surface area contributed by atoms with Gasteiger partial charge in [0.05, 0.1) is 17.3 Å². The molecule has 1 fully saturated rings. The molecule has 1 atom stereocenters. The van der Waals surface area contributed by atoms with Gasteiger partial charge in [-0.05, 0) is 34.6 Å². The first-order chi connectivity index (χ1) is 8.13. The lowest BCUT2D eigenvalue weighted by Gasteiger charge is -2.42. The molecule has 1 aliphatic heterocycles. The van der Waals surface area contributed by atoms with E-state index in [9.17, 15) is 4.79 Å². The summed E-state index contributed by atoms with van der Waals surface area (Å²) in [6, 6.07) is 0. The van der Waals surface area contributed by atoms with E-state index < -0.39 is 0 Å². The number of ether oxygens (including phenoxy) is 2. The van der Waals surface area contributed by atoms with Gasteiger partial charge in [0.1, 0.15) is 6.61 Å². The second-order valence-corrected chi connectivity index (χ2v) is 6.98. The van der Waals surface area contributed by atoms with Crippen LogP contribution in [0.25, 0.3) is 0 Å². The average molecular weight is 322 g/mol. The number of carbonyl (C=O) groups is 1. The van der Waals surface area contributed by atoms with Gasteiger partial charge in [-0.2, -0.15) is 0 Å². The summed E-state index contributed by atoms with van der Waals surface area (Å²) in [6.45, 7) is 11.2. The summed E-state index contributed by atoms with van der Waals surface area (Å²) < 4.78 is 11.4. The smallest absolute Gasteiger partial charge is 0.248 e. The fraction of sp³-hybridized carbons (Fsp3) is 0.923. The van der Waals surface area contributed by atoms with E-state index >= 15 is 0 Å². The molecule has 0 N–H and O–H groups in total. The molecular formula is C13H24BrNO3. The highest BCUT2D eigenvalue weighted by molar-refractivity contribution is 9.09. The van der Waals surface area contributed by atoms with E-state index in [1.807, 2.05) is 39.5 Å². The molecule has 1 unspecified atom stereocenters. The molecule has 1 saturated heterocycles. The van der Waals surface area contributed by atoms with Crippen LogP contribution >= 0.6 is 15.9 Å². The Morgan fingerprint density at radius 2 is 2.11 bits per heavy atom. The Bertz CT molecular complexity index is 299. The molecule has 0 saturated carbocycles. The largest absolute Gasteiger partial charge is 0.368 e. The van der Waals surface area contributed by atoms with Gasteiger partial charge in [-0.25, -0.2) is 0 Å². The number of carbonyl (C=O) groups excluding carboxylic acids is 1. The Morgan fingerprint density at radius 3 is 2.61 bits per heavy atom. The van der Waals surface area contributed by atoms with Crippen molar-refractivity contribution in [1.82, 2.24) is 4.90 Å². The molecule has 0 aromatic carbocycles. The topological polar surface area (TPSA) is 38.8 Å². The molecule has 0 aromatic heterocycles. The van der Waals surface area contributed by atoms with Gasteiger partial charge in [-0.3, -0.25) is 4.79 Å². The van der Waals surface area contributed by atoms with Crippen LogP contribution in [0.3, 0.4) is 0 Å². The summed E-state index contributed by atoms with van der Waals surface area (Å²) >= 11 is 3.42. The number of alkyl halides is 1. The molecule has 1 amide bonds. The fourth-order valence-corrected chi connectivity index (χ4v) is 2.27. The number of amides is 1. The van der Waals surface area contributed by atoms with Crippen molar-refractivity contribution < 1.29 is 14.3 Å². The highest BCUT2D eigenvalue weighted by atomic mass is 79.9. The number of hydrogen-bond acceptors (Lipinski definition) is 3. The van der Waals surface area contributed by atoms with Gasteiger partial charge in [0.2, 0.25) is 5.91 Å². The minimum absolute atomic E-state index is 0.0345. The maximum Gasteiger partial charge on any atom is 0.248 e. The fourth-order valence-electron chi connectivity index (χ4n) is 1.94. The molecule has 1 heterocycles. The molecular weight excluding hydrogens is 298 g/mol. The van der Waals surface area contributed by atoms with E-state index in [0.717, 1.165) is 5.33 Å². The Balaban J connectivity index is 2.56. The van der Waals surface area contributed by atoms with Crippen molar-refractivity contribution in [2.24, 2.45) is 0 Å². The number of hydrogen-bond donors (Lipinski definition) is 0. The molecule has 4 nitrogen and oxygen atoms in total. The highest BCUT2D eigenvalue weighted by Gasteiger charge is 2.35. The maximum absolute atomic E-state index is 12.1. The number of rotatable bonds is 3. The second-order valence-electron chi connectivity index (χ2n) is 6.33. The summed E-state index contributed by atoms with van der Waals surface area (Å²) in [5, 5.41) is 0.736. The predicted octanol–water partition coefficient (Wildman–Crippen LogP) is 2.20. The monoisotopic (exact) mass is 321 g/mol. The Labute approximate surface area is 118 Å². The van der Waals surface area contributed by atoms with Crippen molar-refractivity contribution in [3.8, 4) is 0 Å². The van der Waals surface area contributed by atoms with E-state index in [1.165, 1.54) is 0 Å². The van der Waals surface area contributed by atoms with E-state index in [1.54, 1.807) is 0 Å². The first-order valence-corrected chi connectivity index (χ1v) is 7.41. The van der Waals surface area contributed by atoms with Crippen molar-refractivity contribution >= 4 is 21.8 Å². The van der Waals surface area contributed by atoms with Gasteiger partial charge in [0, 0.05) is 18.4 Å². The van der Waals surface area contributed by atoms with Crippen LogP contribution < -0.4 is 0 Å². The lowest BCUT2D eigenvalue weighted by molar-refractivity contribution is -0.164. The standard InChI is InChI=1S/C13H24BrNO3/c1-12(2,3)17-8-11(16)15-7-10(6-14)18-13(4,5)9-15/h10H,6-9H2,1-5H3. The third-order valence-electron chi connectivity index (χ3n) is 2.63. The van der Waals surface area contributed by atoms with E-state index in [4.69, 9.17) is 9.47 Å². The van der Waals surface area contributed by atoms with Gasteiger partial charge in [-0.15, -0.1) is 0 Å². The average Bonchev–Trinajstić information content (AvgIpc) is 2.22. The molecule has 106 valence electrons. The molecule has 1 rings (SSSR count). The highest BCUT2D eigenvalue weighted by Crippen LogP contribution is 2.22. The second kappa shape index (κ2) is 5.88. The van der Waals surface area contributed by atoms with E-state index in [-0.39, 0.29) is 29.8 Å². The van der Waals surface area contributed by atoms with Crippen molar-refractivity contribution in [3.05, 3.63) is 0 Å². The third kappa shape index (κ3) is 5.24. The van der Waals surface area contributed by atoms with Crippen molar-refractivity contribution in [2.75, 3.05) is 25.0 Å². The molecule has 0 aliphatic carbocycles. The zero-order chi connectivity index (χ0) is 14.0. The van der Waals surface area contributed by atoms with Crippen LogP contribution in [0, 0.1) is 0 Å². The molecule has 18 heavy (non-hydrogen) atoms. The Kier molecular flexibility index (Phi) is 5.21. The number of halogens is 1. The molecule has 0 bridgehead atoms. The molecule has 5 heteroatoms.